The molecule has 0 aliphatic carbocycles. The number of aliphatic carboxylic acids is 1. The molecular weight excluding hydrogens is 274 g/mol. The van der Waals surface area contributed by atoms with Gasteiger partial charge in [-0.3, -0.25) is 9.59 Å². The third kappa shape index (κ3) is 2.26. The van der Waals surface area contributed by atoms with Crippen LogP contribution in [0.1, 0.15) is 20.3 Å². The van der Waals surface area contributed by atoms with E-state index in [4.69, 9.17) is 9.47 Å². The summed E-state index contributed by atoms with van der Waals surface area (Å²) in [7, 11) is 0. The van der Waals surface area contributed by atoms with Crippen molar-refractivity contribution in [1.29, 1.82) is 0 Å². The van der Waals surface area contributed by atoms with Crippen molar-refractivity contribution in [2.24, 2.45) is 11.8 Å². The highest BCUT2D eigenvalue weighted by Gasteiger charge is 2.66. The number of carboxylic acid groups (broad SMARTS) is 1. The molecule has 0 aromatic rings. The highest BCUT2D eigenvalue weighted by atomic mass is 16.5. The zero-order valence-corrected chi connectivity index (χ0v) is 12.3. The fourth-order valence-corrected chi connectivity index (χ4v) is 3.62. The Morgan fingerprint density at radius 2 is 2.38 bits per heavy atom. The molecule has 1 amide bonds. The van der Waals surface area contributed by atoms with Gasteiger partial charge in [-0.25, -0.2) is 0 Å². The Kier molecular flexibility index (Phi) is 3.53. The SMILES string of the molecule is CC(C)OCCCN1CC23C=CC(O2)C(C(=O)O)C3C1=O. The van der Waals surface area contributed by atoms with Gasteiger partial charge >= 0.3 is 5.97 Å². The second-order valence-corrected chi connectivity index (χ2v) is 6.27. The minimum atomic E-state index is -0.949. The van der Waals surface area contributed by atoms with Crippen molar-refractivity contribution in [3.05, 3.63) is 12.2 Å². The molecule has 1 N–H and O–H groups in total. The fraction of sp³-hybridized carbons (Fsp3) is 0.733. The summed E-state index contributed by atoms with van der Waals surface area (Å²) in [6.45, 7) is 5.58. The first-order valence-electron chi connectivity index (χ1n) is 7.45. The standard InChI is InChI=1S/C15H21NO5/c1-9(2)20-7-3-6-16-8-15-5-4-10(21-15)11(14(18)19)12(15)13(16)17/h4-5,9-12H,3,6-8H2,1-2H3,(H,18,19). The Labute approximate surface area is 123 Å². The number of carbonyl (C=O) groups excluding carboxylic acids is 1. The molecule has 3 aliphatic rings. The summed E-state index contributed by atoms with van der Waals surface area (Å²) in [5.74, 6) is -2.37. The molecule has 2 saturated heterocycles. The Bertz CT molecular complexity index is 488. The van der Waals surface area contributed by atoms with Crippen molar-refractivity contribution in [2.75, 3.05) is 19.7 Å². The second-order valence-electron chi connectivity index (χ2n) is 6.27. The quantitative estimate of drug-likeness (QED) is 0.576. The highest BCUT2D eigenvalue weighted by molar-refractivity contribution is 5.90. The van der Waals surface area contributed by atoms with Gasteiger partial charge in [-0.2, -0.15) is 0 Å². The summed E-state index contributed by atoms with van der Waals surface area (Å²) in [5, 5.41) is 9.35. The molecule has 0 aromatic carbocycles. The number of fused-ring (bicyclic) bond motifs is 1. The number of nitrogens with zero attached hydrogens (tertiary/aromatic N) is 1. The van der Waals surface area contributed by atoms with Crippen molar-refractivity contribution in [2.45, 2.75) is 38.1 Å². The van der Waals surface area contributed by atoms with E-state index in [2.05, 4.69) is 0 Å². The summed E-state index contributed by atoms with van der Waals surface area (Å²) in [4.78, 5) is 25.7. The first-order chi connectivity index (χ1) is 9.94. The Morgan fingerprint density at radius 1 is 1.62 bits per heavy atom. The van der Waals surface area contributed by atoms with Crippen LogP contribution in [0.2, 0.25) is 0 Å². The van der Waals surface area contributed by atoms with Crippen LogP contribution in [0.3, 0.4) is 0 Å². The summed E-state index contributed by atoms with van der Waals surface area (Å²) >= 11 is 0. The summed E-state index contributed by atoms with van der Waals surface area (Å²) in [6.07, 6.45) is 4.13. The number of carbonyl (C=O) groups is 2. The molecule has 0 radical (unpaired) electrons. The number of likely N-dealkylation sites (tertiary alicyclic amines) is 1. The van der Waals surface area contributed by atoms with Gasteiger partial charge < -0.3 is 19.5 Å². The molecule has 2 fully saturated rings. The van der Waals surface area contributed by atoms with Gasteiger partial charge in [-0.1, -0.05) is 12.2 Å². The normalized spacial score (nSPS) is 36.8. The predicted octanol–water partition coefficient (Wildman–Crippen LogP) is 0.668. The molecule has 116 valence electrons. The largest absolute Gasteiger partial charge is 0.481 e. The number of carboxylic acids is 1. The van der Waals surface area contributed by atoms with E-state index in [1.165, 1.54) is 0 Å². The zero-order valence-electron chi connectivity index (χ0n) is 12.3. The molecule has 4 unspecified atom stereocenters. The third-order valence-corrected chi connectivity index (χ3v) is 4.49. The van der Waals surface area contributed by atoms with E-state index < -0.39 is 29.5 Å². The molecule has 4 atom stereocenters. The van der Waals surface area contributed by atoms with E-state index in [1.807, 2.05) is 19.9 Å². The van der Waals surface area contributed by atoms with Crippen LogP contribution >= 0.6 is 0 Å². The molecule has 0 saturated carbocycles. The molecule has 6 heteroatoms. The average molecular weight is 295 g/mol. The zero-order chi connectivity index (χ0) is 15.2. The van der Waals surface area contributed by atoms with E-state index in [0.29, 0.717) is 19.7 Å². The van der Waals surface area contributed by atoms with Crippen molar-refractivity contribution >= 4 is 11.9 Å². The van der Waals surface area contributed by atoms with Gasteiger partial charge in [0.05, 0.1) is 24.7 Å². The predicted molar refractivity (Wildman–Crippen MR) is 73.6 cm³/mol. The summed E-state index contributed by atoms with van der Waals surface area (Å²) in [6, 6.07) is 0. The van der Waals surface area contributed by atoms with E-state index >= 15 is 0 Å². The monoisotopic (exact) mass is 295 g/mol. The molecule has 6 nitrogen and oxygen atoms in total. The topological polar surface area (TPSA) is 76.1 Å². The van der Waals surface area contributed by atoms with Gasteiger partial charge in [0.1, 0.15) is 11.5 Å². The molecule has 3 rings (SSSR count). The molecule has 0 aromatic heterocycles. The Balaban J connectivity index is 1.65. The maximum atomic E-state index is 12.5. The lowest BCUT2D eigenvalue weighted by Gasteiger charge is -2.21. The summed E-state index contributed by atoms with van der Waals surface area (Å²) < 4.78 is 11.3. The van der Waals surface area contributed by atoms with Crippen molar-refractivity contribution in [3.8, 4) is 0 Å². The fourth-order valence-electron chi connectivity index (χ4n) is 3.62. The maximum absolute atomic E-state index is 12.5. The van der Waals surface area contributed by atoms with Crippen LogP contribution in [0.15, 0.2) is 12.2 Å². The van der Waals surface area contributed by atoms with Crippen LogP contribution in [0, 0.1) is 11.8 Å². The van der Waals surface area contributed by atoms with Crippen molar-refractivity contribution < 1.29 is 24.2 Å². The number of rotatable bonds is 6. The second kappa shape index (κ2) is 5.10. The van der Waals surface area contributed by atoms with Gasteiger partial charge in [0.25, 0.3) is 0 Å². The molecule has 3 aliphatic heterocycles. The maximum Gasteiger partial charge on any atom is 0.310 e. The van der Waals surface area contributed by atoms with Gasteiger partial charge in [-0.15, -0.1) is 0 Å². The number of amides is 1. The lowest BCUT2D eigenvalue weighted by molar-refractivity contribution is -0.148. The Morgan fingerprint density at radius 3 is 3.05 bits per heavy atom. The lowest BCUT2D eigenvalue weighted by atomic mass is 9.77. The van der Waals surface area contributed by atoms with E-state index in [0.717, 1.165) is 6.42 Å². The first kappa shape index (κ1) is 14.5. The number of hydrogen-bond acceptors (Lipinski definition) is 4. The van der Waals surface area contributed by atoms with Crippen LogP contribution in [0.5, 0.6) is 0 Å². The smallest absolute Gasteiger partial charge is 0.310 e. The highest BCUT2D eigenvalue weighted by Crippen LogP contribution is 2.51. The van der Waals surface area contributed by atoms with Crippen LogP contribution in [0.25, 0.3) is 0 Å². The van der Waals surface area contributed by atoms with E-state index in [-0.39, 0.29) is 12.0 Å². The van der Waals surface area contributed by atoms with Crippen molar-refractivity contribution in [3.63, 3.8) is 0 Å². The van der Waals surface area contributed by atoms with E-state index in [9.17, 15) is 14.7 Å². The number of ether oxygens (including phenoxy) is 2. The number of hydrogen-bond donors (Lipinski definition) is 1. The molecule has 1 spiro atoms. The van der Waals surface area contributed by atoms with Gasteiger partial charge in [-0.05, 0) is 20.3 Å². The molecule has 3 heterocycles. The lowest BCUT2D eigenvalue weighted by Crippen LogP contribution is -2.39. The minimum absolute atomic E-state index is 0.0983. The van der Waals surface area contributed by atoms with Gasteiger partial charge in [0.15, 0.2) is 0 Å². The molecular formula is C15H21NO5. The average Bonchev–Trinajstić information content (AvgIpc) is 3.03. The molecule has 21 heavy (non-hydrogen) atoms. The van der Waals surface area contributed by atoms with Crippen LogP contribution in [-0.2, 0) is 19.1 Å². The first-order valence-corrected chi connectivity index (χ1v) is 7.45. The van der Waals surface area contributed by atoms with Crippen LogP contribution in [-0.4, -0.2) is 59.4 Å². The third-order valence-electron chi connectivity index (χ3n) is 4.49. The van der Waals surface area contributed by atoms with Crippen molar-refractivity contribution in [1.82, 2.24) is 4.90 Å². The molecule has 2 bridgehead atoms. The minimum Gasteiger partial charge on any atom is -0.481 e. The summed E-state index contributed by atoms with van der Waals surface area (Å²) in [5.41, 5.74) is -0.719. The van der Waals surface area contributed by atoms with E-state index in [1.54, 1.807) is 11.0 Å². The Hall–Kier alpha value is -1.40. The van der Waals surface area contributed by atoms with Gasteiger partial charge in [0.2, 0.25) is 5.91 Å². The van der Waals surface area contributed by atoms with Crippen LogP contribution < -0.4 is 0 Å². The van der Waals surface area contributed by atoms with Gasteiger partial charge in [0, 0.05) is 13.2 Å². The van der Waals surface area contributed by atoms with Crippen LogP contribution in [0.4, 0.5) is 0 Å².